The van der Waals surface area contributed by atoms with Crippen LogP contribution in [0.2, 0.25) is 0 Å². The first-order valence-corrected chi connectivity index (χ1v) is 8.50. The summed E-state index contributed by atoms with van der Waals surface area (Å²) in [5, 5.41) is 8.10. The van der Waals surface area contributed by atoms with Gasteiger partial charge in [0.25, 0.3) is 5.91 Å². The average Bonchev–Trinajstić information content (AvgIpc) is 3.20. The van der Waals surface area contributed by atoms with E-state index < -0.39 is 0 Å². The number of carbonyl (C=O) groups excluding carboxylic acids is 1. The summed E-state index contributed by atoms with van der Waals surface area (Å²) in [6.45, 7) is 0.164. The molecule has 1 heterocycles. The maximum Gasteiger partial charge on any atom is 0.257 e. The summed E-state index contributed by atoms with van der Waals surface area (Å²) in [7, 11) is 6.31. The summed E-state index contributed by atoms with van der Waals surface area (Å²) in [4.78, 5) is 14.2. The molecule has 28 heavy (non-hydrogen) atoms. The van der Waals surface area contributed by atoms with Crippen LogP contribution in [0.1, 0.15) is 16.2 Å². The summed E-state index contributed by atoms with van der Waals surface area (Å²) in [6.07, 6.45) is 0. The third-order valence-corrected chi connectivity index (χ3v) is 4.15. The molecule has 3 rings (SSSR count). The van der Waals surface area contributed by atoms with E-state index in [1.807, 2.05) is 6.07 Å². The van der Waals surface area contributed by atoms with Crippen molar-refractivity contribution in [2.45, 2.75) is 6.54 Å². The molecule has 8 nitrogen and oxygen atoms in total. The first-order chi connectivity index (χ1) is 13.6. The van der Waals surface area contributed by atoms with Crippen LogP contribution in [0.25, 0.3) is 11.5 Å². The summed E-state index contributed by atoms with van der Waals surface area (Å²) < 4.78 is 21.5. The van der Waals surface area contributed by atoms with Gasteiger partial charge in [0.05, 0.1) is 33.4 Å². The Labute approximate surface area is 162 Å². The first-order valence-electron chi connectivity index (χ1n) is 8.50. The second-order valence-electron chi connectivity index (χ2n) is 5.93. The lowest BCUT2D eigenvalue weighted by molar-refractivity contribution is 0.0769. The van der Waals surface area contributed by atoms with Gasteiger partial charge >= 0.3 is 0 Å². The van der Waals surface area contributed by atoms with Gasteiger partial charge in [-0.3, -0.25) is 4.79 Å². The fourth-order valence-corrected chi connectivity index (χ4v) is 2.71. The molecule has 1 aromatic heterocycles. The van der Waals surface area contributed by atoms with Crippen LogP contribution in [0.5, 0.6) is 17.2 Å². The van der Waals surface area contributed by atoms with Crippen LogP contribution in [0, 0.1) is 0 Å². The van der Waals surface area contributed by atoms with Crippen molar-refractivity contribution >= 4 is 5.91 Å². The van der Waals surface area contributed by atoms with E-state index in [-0.39, 0.29) is 12.5 Å². The zero-order chi connectivity index (χ0) is 20.1. The molecule has 8 heteroatoms. The minimum Gasteiger partial charge on any atom is -0.496 e. The molecule has 3 aromatic rings. The van der Waals surface area contributed by atoms with Gasteiger partial charge < -0.3 is 23.5 Å². The number of rotatable bonds is 7. The Bertz CT molecular complexity index is 970. The average molecular weight is 383 g/mol. The van der Waals surface area contributed by atoms with E-state index in [4.69, 9.17) is 18.6 Å². The van der Waals surface area contributed by atoms with Gasteiger partial charge in [-0.15, -0.1) is 10.2 Å². The van der Waals surface area contributed by atoms with Gasteiger partial charge in [0.15, 0.2) is 11.5 Å². The first kappa shape index (κ1) is 19.2. The van der Waals surface area contributed by atoms with E-state index in [1.54, 1.807) is 57.7 Å². The van der Waals surface area contributed by atoms with Gasteiger partial charge in [-0.1, -0.05) is 12.1 Å². The molecule has 0 N–H and O–H groups in total. The van der Waals surface area contributed by atoms with Crippen LogP contribution < -0.4 is 14.2 Å². The zero-order valence-corrected chi connectivity index (χ0v) is 16.1. The highest BCUT2D eigenvalue weighted by molar-refractivity contribution is 5.96. The fourth-order valence-electron chi connectivity index (χ4n) is 2.71. The number of nitrogens with zero attached hydrogens (tertiary/aromatic N) is 3. The minimum atomic E-state index is -0.205. The summed E-state index contributed by atoms with van der Waals surface area (Å²) >= 11 is 0. The van der Waals surface area contributed by atoms with Crippen molar-refractivity contribution in [3.8, 4) is 28.7 Å². The number of amides is 1. The smallest absolute Gasteiger partial charge is 0.257 e. The number of ether oxygens (including phenoxy) is 3. The lowest BCUT2D eigenvalue weighted by Crippen LogP contribution is -2.26. The zero-order valence-electron chi connectivity index (χ0n) is 16.1. The number of para-hydroxylation sites is 1. The molecule has 1 amide bonds. The molecule has 0 saturated carbocycles. The number of carbonyl (C=O) groups is 1. The van der Waals surface area contributed by atoms with Crippen LogP contribution in [0.4, 0.5) is 0 Å². The predicted octanol–water partition coefficient (Wildman–Crippen LogP) is 3.03. The molecule has 2 aromatic carbocycles. The maximum atomic E-state index is 12.7. The third-order valence-electron chi connectivity index (χ3n) is 4.15. The minimum absolute atomic E-state index is 0.164. The molecular formula is C20H21N3O5. The number of methoxy groups -OCH3 is 3. The lowest BCUT2D eigenvalue weighted by atomic mass is 10.2. The molecule has 0 aliphatic carbocycles. The van der Waals surface area contributed by atoms with Crippen molar-refractivity contribution in [3.63, 3.8) is 0 Å². The van der Waals surface area contributed by atoms with Gasteiger partial charge in [0.1, 0.15) is 5.75 Å². The topological polar surface area (TPSA) is 86.9 Å². The van der Waals surface area contributed by atoms with E-state index in [0.717, 1.165) is 0 Å². The van der Waals surface area contributed by atoms with Crippen molar-refractivity contribution in [2.24, 2.45) is 0 Å². The van der Waals surface area contributed by atoms with E-state index in [2.05, 4.69) is 10.2 Å². The van der Waals surface area contributed by atoms with Gasteiger partial charge in [0.2, 0.25) is 11.8 Å². The van der Waals surface area contributed by atoms with Gasteiger partial charge in [-0.05, 0) is 30.3 Å². The number of hydrogen-bond donors (Lipinski definition) is 0. The fraction of sp³-hybridized carbons (Fsp3) is 0.250. The van der Waals surface area contributed by atoms with Crippen molar-refractivity contribution in [2.75, 3.05) is 28.4 Å². The van der Waals surface area contributed by atoms with Crippen molar-refractivity contribution in [1.82, 2.24) is 15.1 Å². The van der Waals surface area contributed by atoms with Crippen molar-refractivity contribution in [3.05, 3.63) is 53.9 Å². The molecule has 0 bridgehead atoms. The summed E-state index contributed by atoms with van der Waals surface area (Å²) in [5.41, 5.74) is 1.15. The molecule has 146 valence electrons. The SMILES string of the molecule is COc1ccc(-c2nnc(CN(C)C(=O)c3ccccc3OC)o2)cc1OC. The van der Waals surface area contributed by atoms with Crippen LogP contribution >= 0.6 is 0 Å². The predicted molar refractivity (Wildman–Crippen MR) is 102 cm³/mol. The molecule has 0 saturated heterocycles. The molecular weight excluding hydrogens is 362 g/mol. The molecule has 0 aliphatic rings. The Kier molecular flexibility index (Phi) is 5.78. The van der Waals surface area contributed by atoms with Crippen LogP contribution in [0.15, 0.2) is 46.9 Å². The van der Waals surface area contributed by atoms with Crippen LogP contribution in [-0.2, 0) is 6.54 Å². The van der Waals surface area contributed by atoms with Crippen molar-refractivity contribution in [1.29, 1.82) is 0 Å². The Balaban J connectivity index is 1.76. The standard InChI is InChI=1S/C20H21N3O5/c1-23(20(24)14-7-5-6-8-15(14)25-2)12-18-21-22-19(28-18)13-9-10-16(26-3)17(11-13)27-4/h5-11H,12H2,1-4H3. The second-order valence-corrected chi connectivity index (χ2v) is 5.93. The number of benzene rings is 2. The van der Waals surface area contributed by atoms with Gasteiger partial charge in [-0.2, -0.15) is 0 Å². The Morgan fingerprint density at radius 2 is 1.68 bits per heavy atom. The normalized spacial score (nSPS) is 10.4. The number of hydrogen-bond acceptors (Lipinski definition) is 7. The number of aromatic nitrogens is 2. The molecule has 0 fully saturated rings. The Morgan fingerprint density at radius 3 is 2.39 bits per heavy atom. The van der Waals surface area contributed by atoms with E-state index >= 15 is 0 Å². The maximum absolute atomic E-state index is 12.7. The summed E-state index contributed by atoms with van der Waals surface area (Å²) in [5.74, 6) is 2.11. The van der Waals surface area contributed by atoms with E-state index in [9.17, 15) is 4.79 Å². The van der Waals surface area contributed by atoms with Gasteiger partial charge in [-0.25, -0.2) is 0 Å². The molecule has 0 unspecified atom stereocenters. The van der Waals surface area contributed by atoms with Gasteiger partial charge in [0, 0.05) is 12.6 Å². The van der Waals surface area contributed by atoms with Crippen LogP contribution in [-0.4, -0.2) is 49.4 Å². The quantitative estimate of drug-likeness (QED) is 0.620. The molecule has 0 spiro atoms. The van der Waals surface area contributed by atoms with E-state index in [0.29, 0.717) is 40.2 Å². The monoisotopic (exact) mass is 383 g/mol. The highest BCUT2D eigenvalue weighted by Crippen LogP contribution is 2.31. The Hall–Kier alpha value is -3.55. The lowest BCUT2D eigenvalue weighted by Gasteiger charge is -2.16. The van der Waals surface area contributed by atoms with Crippen molar-refractivity contribution < 1.29 is 23.4 Å². The highest BCUT2D eigenvalue weighted by atomic mass is 16.5. The van der Waals surface area contributed by atoms with Crippen LogP contribution in [0.3, 0.4) is 0 Å². The Morgan fingerprint density at radius 1 is 0.964 bits per heavy atom. The highest BCUT2D eigenvalue weighted by Gasteiger charge is 2.19. The summed E-state index contributed by atoms with van der Waals surface area (Å²) in [6, 6.07) is 12.3. The largest absolute Gasteiger partial charge is 0.496 e. The third kappa shape index (κ3) is 3.90. The molecule has 0 atom stereocenters. The second kappa shape index (κ2) is 8.43. The van der Waals surface area contributed by atoms with E-state index in [1.165, 1.54) is 12.0 Å². The molecule has 0 aliphatic heterocycles. The molecule has 0 radical (unpaired) electrons.